The van der Waals surface area contributed by atoms with Crippen molar-refractivity contribution >= 4 is 27.3 Å². The molecule has 2 heterocycles. The van der Waals surface area contributed by atoms with Gasteiger partial charge in [0, 0.05) is 32.9 Å². The molecule has 3 nitrogen and oxygen atoms in total. The number of ether oxygens (including phenoxy) is 2. The minimum atomic E-state index is 0.323. The zero-order valence-corrected chi connectivity index (χ0v) is 12.9. The number of para-hydroxylation sites is 1. The van der Waals surface area contributed by atoms with Gasteiger partial charge in [-0.15, -0.1) is 11.3 Å². The Morgan fingerprint density at radius 2 is 2.21 bits per heavy atom. The van der Waals surface area contributed by atoms with Crippen molar-refractivity contribution in [2.75, 3.05) is 6.79 Å². The largest absolute Gasteiger partial charge is 0.454 e. The smallest absolute Gasteiger partial charge is 0.231 e. The number of hydrogen-bond acceptors (Lipinski definition) is 4. The van der Waals surface area contributed by atoms with E-state index in [9.17, 15) is 0 Å². The van der Waals surface area contributed by atoms with Gasteiger partial charge in [0.25, 0.3) is 0 Å². The van der Waals surface area contributed by atoms with Crippen molar-refractivity contribution in [3.8, 4) is 11.5 Å². The van der Waals surface area contributed by atoms with Gasteiger partial charge in [0.2, 0.25) is 6.79 Å². The van der Waals surface area contributed by atoms with Crippen molar-refractivity contribution in [1.29, 1.82) is 0 Å². The second-order valence-electron chi connectivity index (χ2n) is 4.37. The molecule has 0 saturated carbocycles. The maximum atomic E-state index is 5.49. The highest BCUT2D eigenvalue weighted by Gasteiger charge is 2.16. The molecule has 0 unspecified atom stereocenters. The van der Waals surface area contributed by atoms with Crippen LogP contribution < -0.4 is 14.8 Å². The molecule has 0 atom stereocenters. The van der Waals surface area contributed by atoms with Crippen LogP contribution >= 0.6 is 27.3 Å². The highest BCUT2D eigenvalue weighted by atomic mass is 79.9. The summed E-state index contributed by atoms with van der Waals surface area (Å²) in [4.78, 5) is 2.64. The quantitative estimate of drug-likeness (QED) is 0.917. The second-order valence-corrected chi connectivity index (χ2v) is 6.57. The summed E-state index contributed by atoms with van der Waals surface area (Å²) in [6.07, 6.45) is 0. The van der Waals surface area contributed by atoms with E-state index in [1.165, 1.54) is 14.2 Å². The number of nitrogens with one attached hydrogen (secondary N) is 1. The van der Waals surface area contributed by atoms with Gasteiger partial charge < -0.3 is 14.8 Å². The lowest BCUT2D eigenvalue weighted by atomic mass is 10.2. The van der Waals surface area contributed by atoms with Gasteiger partial charge in [0.1, 0.15) is 0 Å². The van der Waals surface area contributed by atoms with Crippen LogP contribution in [0.25, 0.3) is 0 Å². The van der Waals surface area contributed by atoms with E-state index in [0.29, 0.717) is 6.79 Å². The molecule has 5 heteroatoms. The van der Waals surface area contributed by atoms with Crippen molar-refractivity contribution in [1.82, 2.24) is 5.32 Å². The summed E-state index contributed by atoms with van der Waals surface area (Å²) in [7, 11) is 0. The summed E-state index contributed by atoms with van der Waals surface area (Å²) in [6.45, 7) is 4.08. The summed E-state index contributed by atoms with van der Waals surface area (Å²) < 4.78 is 12.0. The molecule has 100 valence electrons. The third-order valence-corrected chi connectivity index (χ3v) is 5.14. The summed E-state index contributed by atoms with van der Waals surface area (Å²) in [5.74, 6) is 1.72. The highest BCUT2D eigenvalue weighted by molar-refractivity contribution is 9.10. The predicted octanol–water partition coefficient (Wildman–Crippen LogP) is 3.84. The lowest BCUT2D eigenvalue weighted by Crippen LogP contribution is -2.12. The monoisotopic (exact) mass is 339 g/mol. The van der Waals surface area contributed by atoms with E-state index in [1.54, 1.807) is 0 Å². The molecular weight excluding hydrogens is 326 g/mol. The molecule has 1 aromatic carbocycles. The van der Waals surface area contributed by atoms with E-state index in [1.807, 2.05) is 23.5 Å². The Morgan fingerprint density at radius 1 is 1.32 bits per heavy atom. The number of rotatable bonds is 4. The standard InChI is InChI=1S/C14H14BrNO2S/c1-9-12(15)5-11(19-9)7-16-6-10-3-2-4-13-14(10)18-8-17-13/h2-5,16H,6-8H2,1H3. The van der Waals surface area contributed by atoms with Crippen LogP contribution in [-0.2, 0) is 13.1 Å². The zero-order valence-electron chi connectivity index (χ0n) is 10.5. The fourth-order valence-electron chi connectivity index (χ4n) is 2.06. The fraction of sp³-hybridized carbons (Fsp3) is 0.286. The van der Waals surface area contributed by atoms with E-state index in [-0.39, 0.29) is 0 Å². The Hall–Kier alpha value is -1.04. The Balaban J connectivity index is 1.62. The average Bonchev–Trinajstić information content (AvgIpc) is 2.98. The zero-order chi connectivity index (χ0) is 13.2. The van der Waals surface area contributed by atoms with Gasteiger partial charge >= 0.3 is 0 Å². The number of hydrogen-bond donors (Lipinski definition) is 1. The third kappa shape index (κ3) is 2.78. The van der Waals surface area contributed by atoms with Crippen LogP contribution in [0, 0.1) is 6.92 Å². The predicted molar refractivity (Wildman–Crippen MR) is 79.9 cm³/mol. The van der Waals surface area contributed by atoms with Crippen LogP contribution in [0.2, 0.25) is 0 Å². The summed E-state index contributed by atoms with van der Waals surface area (Å²) in [5.41, 5.74) is 1.14. The van der Waals surface area contributed by atoms with E-state index in [0.717, 1.165) is 30.2 Å². The topological polar surface area (TPSA) is 30.5 Å². The van der Waals surface area contributed by atoms with Crippen LogP contribution in [0.1, 0.15) is 15.3 Å². The molecule has 0 radical (unpaired) electrons. The number of fused-ring (bicyclic) bond motifs is 1. The summed E-state index contributed by atoms with van der Waals surface area (Å²) >= 11 is 5.35. The molecule has 1 aliphatic heterocycles. The van der Waals surface area contributed by atoms with Crippen LogP contribution in [0.4, 0.5) is 0 Å². The maximum Gasteiger partial charge on any atom is 0.231 e. The third-order valence-electron chi connectivity index (χ3n) is 3.00. The van der Waals surface area contributed by atoms with Crippen molar-refractivity contribution in [3.05, 3.63) is 44.1 Å². The van der Waals surface area contributed by atoms with Crippen LogP contribution in [-0.4, -0.2) is 6.79 Å². The van der Waals surface area contributed by atoms with Gasteiger partial charge in [-0.2, -0.15) is 0 Å². The Kier molecular flexibility index (Phi) is 3.77. The molecule has 0 spiro atoms. The van der Waals surface area contributed by atoms with Crippen molar-refractivity contribution in [2.24, 2.45) is 0 Å². The lowest BCUT2D eigenvalue weighted by molar-refractivity contribution is 0.173. The molecule has 2 aromatic rings. The van der Waals surface area contributed by atoms with Crippen molar-refractivity contribution in [2.45, 2.75) is 20.0 Å². The van der Waals surface area contributed by atoms with Crippen LogP contribution in [0.5, 0.6) is 11.5 Å². The SMILES string of the molecule is Cc1sc(CNCc2cccc3c2OCO3)cc1Br. The normalized spacial score (nSPS) is 12.9. The first-order valence-electron chi connectivity index (χ1n) is 6.07. The summed E-state index contributed by atoms with van der Waals surface area (Å²) in [5, 5.41) is 3.44. The molecule has 1 N–H and O–H groups in total. The molecule has 0 saturated heterocycles. The van der Waals surface area contributed by atoms with Crippen molar-refractivity contribution < 1.29 is 9.47 Å². The minimum absolute atomic E-state index is 0.323. The van der Waals surface area contributed by atoms with Gasteiger partial charge in [0.05, 0.1) is 0 Å². The molecule has 3 rings (SSSR count). The summed E-state index contributed by atoms with van der Waals surface area (Å²) in [6, 6.07) is 8.17. The number of benzene rings is 1. The van der Waals surface area contributed by atoms with E-state index < -0.39 is 0 Å². The van der Waals surface area contributed by atoms with E-state index in [4.69, 9.17) is 9.47 Å². The van der Waals surface area contributed by atoms with Gasteiger partial charge in [-0.05, 0) is 35.0 Å². The molecule has 0 fully saturated rings. The van der Waals surface area contributed by atoms with Crippen LogP contribution in [0.3, 0.4) is 0 Å². The Bertz CT molecular complexity index is 578. The molecule has 0 bridgehead atoms. The van der Waals surface area contributed by atoms with Gasteiger partial charge in [-0.25, -0.2) is 0 Å². The van der Waals surface area contributed by atoms with E-state index >= 15 is 0 Å². The Labute approximate surface area is 124 Å². The minimum Gasteiger partial charge on any atom is -0.454 e. The van der Waals surface area contributed by atoms with E-state index in [2.05, 4.69) is 40.3 Å². The molecule has 1 aromatic heterocycles. The lowest BCUT2D eigenvalue weighted by Gasteiger charge is -2.06. The second kappa shape index (κ2) is 5.53. The van der Waals surface area contributed by atoms with Gasteiger partial charge in [0.15, 0.2) is 11.5 Å². The maximum absolute atomic E-state index is 5.49. The first-order chi connectivity index (χ1) is 9.24. The Morgan fingerprint density at radius 3 is 3.00 bits per heavy atom. The molecule has 1 aliphatic rings. The number of thiophene rings is 1. The number of aryl methyl sites for hydroxylation is 1. The first-order valence-corrected chi connectivity index (χ1v) is 7.68. The first kappa shape index (κ1) is 13.0. The van der Waals surface area contributed by atoms with Gasteiger partial charge in [-0.3, -0.25) is 0 Å². The molecule has 19 heavy (non-hydrogen) atoms. The molecular formula is C14H14BrNO2S. The van der Waals surface area contributed by atoms with Gasteiger partial charge in [-0.1, -0.05) is 12.1 Å². The average molecular weight is 340 g/mol. The molecule has 0 amide bonds. The molecule has 0 aliphatic carbocycles. The highest BCUT2D eigenvalue weighted by Crippen LogP contribution is 2.35. The number of halogens is 1. The fourth-order valence-corrected chi connectivity index (χ4v) is 3.63. The van der Waals surface area contributed by atoms with Crippen molar-refractivity contribution in [3.63, 3.8) is 0 Å². The van der Waals surface area contributed by atoms with Crippen LogP contribution in [0.15, 0.2) is 28.7 Å².